The van der Waals surface area contributed by atoms with Crippen LogP contribution >= 0.6 is 0 Å². The molecule has 0 nitrogen and oxygen atoms in total. The summed E-state index contributed by atoms with van der Waals surface area (Å²) in [5, 5.41) is 0. The van der Waals surface area contributed by atoms with Crippen molar-refractivity contribution in [1.82, 2.24) is 0 Å². The summed E-state index contributed by atoms with van der Waals surface area (Å²) in [6.07, 6.45) is 6.12. The highest BCUT2D eigenvalue weighted by molar-refractivity contribution is 4.57. The van der Waals surface area contributed by atoms with Gasteiger partial charge in [0.05, 0.1) is 0 Å². The second-order valence-corrected chi connectivity index (χ2v) is 1.49. The molecule has 0 heteroatoms. The summed E-state index contributed by atoms with van der Waals surface area (Å²) in [6.45, 7) is 4.38. The Hall–Kier alpha value is 0. The lowest BCUT2D eigenvalue weighted by molar-refractivity contribution is 0.852. The first kappa shape index (κ1) is 6.00. The third kappa shape index (κ3) is 4.00. The molecule has 0 amide bonds. The van der Waals surface area contributed by atoms with Gasteiger partial charge in [-0.25, -0.2) is 0 Å². The Bertz CT molecular complexity index is 12.0. The fourth-order valence-electron chi connectivity index (χ4n) is 0.408. The second kappa shape index (κ2) is 5.00. The number of unbranched alkanes of at least 4 members (excludes halogenated alkanes) is 3. The lowest BCUT2D eigenvalue weighted by Crippen LogP contribution is -1.67. The fourth-order valence-corrected chi connectivity index (χ4v) is 0.408. The maximum atomic E-state index is 2.31. The Balaban J connectivity index is 2.34. The molecule has 0 aliphatic heterocycles. The summed E-state index contributed by atoms with van der Waals surface area (Å²) in [5.41, 5.74) is 0. The summed E-state index contributed by atoms with van der Waals surface area (Å²) in [5.74, 6) is 0. The van der Waals surface area contributed by atoms with Gasteiger partial charge in [-0.2, -0.15) is 12.8 Å². The maximum Gasteiger partial charge on any atom is -0.0678 e. The van der Waals surface area contributed by atoms with Gasteiger partial charge in [-0.15, -0.1) is 0 Å². The van der Waals surface area contributed by atoms with Crippen molar-refractivity contribution in [3.05, 3.63) is 6.42 Å². The van der Waals surface area contributed by atoms with Crippen molar-refractivity contribution in [2.24, 2.45) is 0 Å². The molecular formula is C6H13-. The van der Waals surface area contributed by atoms with E-state index < -0.39 is 0 Å². The average Bonchev–Trinajstić information content (AvgIpc) is 1.61. The topological polar surface area (TPSA) is 0 Å². The van der Waals surface area contributed by atoms with Gasteiger partial charge in [-0.05, 0) is 0 Å². The van der Waals surface area contributed by atoms with Crippen molar-refractivity contribution in [1.29, 1.82) is 0 Å². The summed E-state index contributed by atoms with van der Waals surface area (Å²) in [4.78, 5) is 0. The van der Waals surface area contributed by atoms with Crippen LogP contribution in [0.15, 0.2) is 0 Å². The lowest BCUT2D eigenvalue weighted by Gasteiger charge is -2.00. The van der Waals surface area contributed by atoms with Crippen molar-refractivity contribution in [2.75, 3.05) is 0 Å². The fraction of sp³-hybridized carbons (Fsp3) is 0.833. The number of hydrogen-bond donors (Lipinski definition) is 0. The quantitative estimate of drug-likeness (QED) is 0.364. The molecule has 0 aromatic rings. The molecule has 0 aromatic heterocycles. The van der Waals surface area contributed by atoms with Crippen LogP contribution in [0, 0.1) is 6.42 Å². The zero-order valence-corrected chi connectivity index (χ0v) is 4.70. The van der Waals surface area contributed by atoms with E-state index in [4.69, 9.17) is 0 Å². The molecule has 0 radical (unpaired) electrons. The van der Waals surface area contributed by atoms with Crippen LogP contribution in [0.5, 0.6) is 0 Å². The van der Waals surface area contributed by atoms with Gasteiger partial charge >= 0.3 is 0 Å². The van der Waals surface area contributed by atoms with E-state index in [0.717, 1.165) is 0 Å². The van der Waals surface area contributed by atoms with E-state index in [1.54, 1.807) is 0 Å². The van der Waals surface area contributed by atoms with Crippen LogP contribution in [0.2, 0.25) is 0 Å². The molecule has 0 spiro atoms. The molecule has 0 heterocycles. The minimum absolute atomic E-state index is 1.23. The molecule has 6 heavy (non-hydrogen) atoms. The van der Waals surface area contributed by atoms with E-state index in [2.05, 4.69) is 20.3 Å². The van der Waals surface area contributed by atoms with Crippen molar-refractivity contribution in [2.45, 2.75) is 33.1 Å². The van der Waals surface area contributed by atoms with E-state index in [-0.39, 0.29) is 0 Å². The molecule has 0 N–H and O–H groups in total. The molecule has 0 unspecified atom stereocenters. The second-order valence-electron chi connectivity index (χ2n) is 1.49. The Labute approximate surface area is 40.6 Å². The maximum absolute atomic E-state index is 2.31. The smallest absolute Gasteiger partial charge is 0.0678 e. The SMILES string of the molecule is CC[CH-]CCC. The predicted octanol–water partition coefficient (Wildman–Crippen LogP) is 2.40. The Morgan fingerprint density at radius 2 is 2.00 bits per heavy atom. The summed E-state index contributed by atoms with van der Waals surface area (Å²) >= 11 is 0. The van der Waals surface area contributed by atoms with E-state index in [9.17, 15) is 0 Å². The van der Waals surface area contributed by atoms with E-state index in [0.29, 0.717) is 0 Å². The molecule has 0 saturated carbocycles. The molecule has 0 bridgehead atoms. The highest BCUT2D eigenvalue weighted by Crippen LogP contribution is 1.93. The van der Waals surface area contributed by atoms with Gasteiger partial charge in [0.1, 0.15) is 0 Å². The molecule has 0 atom stereocenters. The van der Waals surface area contributed by atoms with Crippen LogP contribution in [-0.2, 0) is 0 Å². The van der Waals surface area contributed by atoms with Crippen LogP contribution in [0.1, 0.15) is 33.1 Å². The van der Waals surface area contributed by atoms with Gasteiger partial charge in [-0.3, -0.25) is 0 Å². The van der Waals surface area contributed by atoms with Gasteiger partial charge in [0.2, 0.25) is 0 Å². The molecular weight excluding hydrogens is 72.1 g/mol. The highest BCUT2D eigenvalue weighted by Gasteiger charge is 1.62. The largest absolute Gasteiger partial charge is 0.329 e. The third-order valence-corrected chi connectivity index (χ3v) is 0.781. The molecule has 0 aromatic carbocycles. The molecule has 0 fully saturated rings. The summed E-state index contributed by atoms with van der Waals surface area (Å²) < 4.78 is 0. The van der Waals surface area contributed by atoms with Gasteiger partial charge in [0.25, 0.3) is 0 Å². The average molecular weight is 85.2 g/mol. The molecule has 0 aliphatic carbocycles. The van der Waals surface area contributed by atoms with E-state index in [1.165, 1.54) is 19.3 Å². The Morgan fingerprint density at radius 3 is 2.17 bits per heavy atom. The van der Waals surface area contributed by atoms with Gasteiger partial charge in [0.15, 0.2) is 0 Å². The Morgan fingerprint density at radius 1 is 1.33 bits per heavy atom. The predicted molar refractivity (Wildman–Crippen MR) is 29.5 cm³/mol. The third-order valence-electron chi connectivity index (χ3n) is 0.781. The van der Waals surface area contributed by atoms with Gasteiger partial charge in [0, 0.05) is 0 Å². The normalized spacial score (nSPS) is 9.00. The van der Waals surface area contributed by atoms with Crippen molar-refractivity contribution in [3.8, 4) is 0 Å². The van der Waals surface area contributed by atoms with Crippen molar-refractivity contribution >= 4 is 0 Å². The standard InChI is InChI=1S/C6H13/c1-3-5-6-4-2/h5H,3-4,6H2,1-2H3/q-1. The highest BCUT2D eigenvalue weighted by atomic mass is 13.8. The zero-order chi connectivity index (χ0) is 4.83. The van der Waals surface area contributed by atoms with Gasteiger partial charge < -0.3 is 6.42 Å². The van der Waals surface area contributed by atoms with Gasteiger partial charge in [-0.1, -0.05) is 20.3 Å². The van der Waals surface area contributed by atoms with E-state index >= 15 is 0 Å². The van der Waals surface area contributed by atoms with Crippen LogP contribution < -0.4 is 0 Å². The van der Waals surface area contributed by atoms with E-state index in [1.807, 2.05) is 0 Å². The van der Waals surface area contributed by atoms with Crippen LogP contribution in [0.4, 0.5) is 0 Å². The van der Waals surface area contributed by atoms with Crippen LogP contribution in [0.25, 0.3) is 0 Å². The molecule has 38 valence electrons. The van der Waals surface area contributed by atoms with Crippen molar-refractivity contribution in [3.63, 3.8) is 0 Å². The van der Waals surface area contributed by atoms with Crippen LogP contribution in [-0.4, -0.2) is 0 Å². The number of hydrogen-bond acceptors (Lipinski definition) is 0. The lowest BCUT2D eigenvalue weighted by atomic mass is 10.2. The minimum Gasteiger partial charge on any atom is -0.329 e. The first-order valence-electron chi connectivity index (χ1n) is 2.73. The van der Waals surface area contributed by atoms with Crippen molar-refractivity contribution < 1.29 is 0 Å². The number of rotatable bonds is 3. The molecule has 0 aliphatic rings. The first-order valence-corrected chi connectivity index (χ1v) is 2.73. The first-order chi connectivity index (χ1) is 2.91. The Kier molecular flexibility index (Phi) is 5.00. The monoisotopic (exact) mass is 85.1 g/mol. The summed E-state index contributed by atoms with van der Waals surface area (Å²) in [6, 6.07) is 0. The summed E-state index contributed by atoms with van der Waals surface area (Å²) in [7, 11) is 0. The minimum atomic E-state index is 1.23. The zero-order valence-electron chi connectivity index (χ0n) is 4.70. The molecule has 0 saturated heterocycles. The molecule has 0 rings (SSSR count). The van der Waals surface area contributed by atoms with Crippen LogP contribution in [0.3, 0.4) is 0 Å².